The van der Waals surface area contributed by atoms with Crippen LogP contribution >= 0.6 is 12.2 Å². The number of aromatic amines is 1. The smallest absolute Gasteiger partial charge is 0.236 e. The minimum atomic E-state index is -3.48. The van der Waals surface area contributed by atoms with Gasteiger partial charge in [-0.05, 0) is 0 Å². The van der Waals surface area contributed by atoms with Gasteiger partial charge in [0.25, 0.3) is 0 Å². The fraction of sp³-hybridized carbons (Fsp3) is 0.429. The molecular weight excluding hydrogens is 252 g/mol. The zero-order valence-corrected chi connectivity index (χ0v) is 10.2. The monoisotopic (exact) mass is 264 g/mol. The van der Waals surface area contributed by atoms with Gasteiger partial charge in [0.15, 0.2) is 0 Å². The quantitative estimate of drug-likeness (QED) is 0.594. The maximum Gasteiger partial charge on any atom is 0.236 e. The fourth-order valence-electron chi connectivity index (χ4n) is 0.950. The van der Waals surface area contributed by atoms with Gasteiger partial charge in [-0.25, -0.2) is 8.42 Å². The third-order valence-electron chi connectivity index (χ3n) is 1.72. The van der Waals surface area contributed by atoms with Gasteiger partial charge in [-0.2, -0.15) is 5.10 Å². The first-order valence-corrected chi connectivity index (χ1v) is 6.35. The van der Waals surface area contributed by atoms with E-state index in [9.17, 15) is 8.42 Å². The molecule has 1 aromatic rings. The number of rotatable bonds is 6. The van der Waals surface area contributed by atoms with Crippen LogP contribution in [0, 0.1) is 0 Å². The number of sulfonamides is 1. The van der Waals surface area contributed by atoms with Crippen LogP contribution in [0.4, 0.5) is 5.82 Å². The summed E-state index contributed by atoms with van der Waals surface area (Å²) in [5.74, 6) is 0.0165. The minimum absolute atomic E-state index is 0.0678. The Hall–Kier alpha value is -1.19. The molecule has 7 nitrogen and oxygen atoms in total. The maximum absolute atomic E-state index is 11.5. The predicted octanol–water partition coefficient (Wildman–Crippen LogP) is -0.568. The largest absolute Gasteiger partial charge is 0.389 e. The van der Waals surface area contributed by atoms with Crippen molar-refractivity contribution in [1.29, 1.82) is 0 Å². The molecule has 1 rings (SSSR count). The normalized spacial score (nSPS) is 11.3. The lowest BCUT2D eigenvalue weighted by molar-refractivity contribution is 0.217. The summed E-state index contributed by atoms with van der Waals surface area (Å²) >= 11 is 4.74. The van der Waals surface area contributed by atoms with Crippen LogP contribution in [-0.2, 0) is 14.8 Å². The predicted molar refractivity (Wildman–Crippen MR) is 63.8 cm³/mol. The molecule has 0 radical (unpaired) electrons. The van der Waals surface area contributed by atoms with Gasteiger partial charge in [0.2, 0.25) is 10.0 Å². The van der Waals surface area contributed by atoms with Crippen LogP contribution in [-0.4, -0.2) is 43.1 Å². The zero-order valence-electron chi connectivity index (χ0n) is 8.56. The summed E-state index contributed by atoms with van der Waals surface area (Å²) in [6.45, 7) is 0.103. The van der Waals surface area contributed by atoms with Crippen LogP contribution in [0.15, 0.2) is 6.20 Å². The molecule has 1 aromatic heterocycles. The van der Waals surface area contributed by atoms with Gasteiger partial charge in [0.05, 0.1) is 24.1 Å². The van der Waals surface area contributed by atoms with Crippen molar-refractivity contribution in [2.24, 2.45) is 5.73 Å². The molecule has 0 fully saturated rings. The molecule has 0 aliphatic carbocycles. The van der Waals surface area contributed by atoms with E-state index in [2.05, 4.69) is 19.7 Å². The topological polar surface area (TPSA) is 110 Å². The van der Waals surface area contributed by atoms with Crippen LogP contribution in [0.5, 0.6) is 0 Å². The first-order chi connectivity index (χ1) is 7.46. The third kappa shape index (κ3) is 3.43. The van der Waals surface area contributed by atoms with Crippen molar-refractivity contribution < 1.29 is 13.2 Å². The fourth-order valence-corrected chi connectivity index (χ4v) is 2.06. The first kappa shape index (κ1) is 12.9. The van der Waals surface area contributed by atoms with E-state index >= 15 is 0 Å². The third-order valence-corrected chi connectivity index (χ3v) is 3.16. The number of aromatic nitrogens is 2. The Balaban J connectivity index is 2.80. The number of ether oxygens (including phenoxy) is 1. The molecule has 0 unspecified atom stereocenters. The highest BCUT2D eigenvalue weighted by atomic mass is 32.2. The number of H-pyrrole nitrogens is 1. The number of hydrogen-bond donors (Lipinski definition) is 3. The first-order valence-electron chi connectivity index (χ1n) is 4.29. The van der Waals surface area contributed by atoms with Gasteiger partial charge >= 0.3 is 0 Å². The molecule has 16 heavy (non-hydrogen) atoms. The van der Waals surface area contributed by atoms with E-state index in [-0.39, 0.29) is 23.2 Å². The zero-order chi connectivity index (χ0) is 12.2. The Morgan fingerprint density at radius 1 is 1.75 bits per heavy atom. The van der Waals surface area contributed by atoms with E-state index in [0.717, 1.165) is 0 Å². The summed E-state index contributed by atoms with van der Waals surface area (Å²) in [5, 5.41) is 6.13. The van der Waals surface area contributed by atoms with Gasteiger partial charge < -0.3 is 10.5 Å². The van der Waals surface area contributed by atoms with Crippen molar-refractivity contribution in [3.05, 3.63) is 11.8 Å². The highest BCUT2D eigenvalue weighted by Crippen LogP contribution is 2.12. The Morgan fingerprint density at radius 2 is 2.44 bits per heavy atom. The Kier molecular flexibility index (Phi) is 4.21. The highest BCUT2D eigenvalue weighted by Gasteiger charge is 2.15. The molecule has 0 amide bonds. The second kappa shape index (κ2) is 5.23. The summed E-state index contributed by atoms with van der Waals surface area (Å²) in [4.78, 5) is 0.0678. The van der Waals surface area contributed by atoms with Gasteiger partial charge in [0.1, 0.15) is 10.8 Å². The van der Waals surface area contributed by atoms with E-state index in [1.54, 1.807) is 0 Å². The summed E-state index contributed by atoms with van der Waals surface area (Å²) < 4.78 is 30.0. The molecule has 4 N–H and O–H groups in total. The summed E-state index contributed by atoms with van der Waals surface area (Å²) in [7, 11) is -2.06. The van der Waals surface area contributed by atoms with E-state index in [0.29, 0.717) is 5.56 Å². The number of thiocarbonyl (C=S) groups is 1. The number of anilines is 1. The summed E-state index contributed by atoms with van der Waals surface area (Å²) in [6, 6.07) is 0. The van der Waals surface area contributed by atoms with Crippen molar-refractivity contribution in [2.75, 3.05) is 24.2 Å². The lowest BCUT2D eigenvalue weighted by Gasteiger charge is -2.06. The molecule has 0 atom stereocenters. The highest BCUT2D eigenvalue weighted by molar-refractivity contribution is 7.92. The molecule has 90 valence electrons. The van der Waals surface area contributed by atoms with Gasteiger partial charge in [-0.15, -0.1) is 0 Å². The van der Waals surface area contributed by atoms with E-state index < -0.39 is 10.0 Å². The van der Waals surface area contributed by atoms with Crippen molar-refractivity contribution in [1.82, 2.24) is 10.2 Å². The molecule has 0 aliphatic rings. The molecule has 1 heterocycles. The minimum Gasteiger partial charge on any atom is -0.389 e. The van der Waals surface area contributed by atoms with E-state index in [1.165, 1.54) is 13.3 Å². The van der Waals surface area contributed by atoms with Crippen LogP contribution in [0.25, 0.3) is 0 Å². The lowest BCUT2D eigenvalue weighted by Crippen LogP contribution is -2.22. The second-order valence-corrected chi connectivity index (χ2v) is 5.22. The number of nitrogens with zero attached hydrogens (tertiary/aromatic N) is 1. The SMILES string of the molecule is COCCS(=O)(=O)Nc1[nH]ncc1C(N)=S. The van der Waals surface area contributed by atoms with Crippen LogP contribution in [0.2, 0.25) is 0 Å². The summed E-state index contributed by atoms with van der Waals surface area (Å²) in [5.41, 5.74) is 5.75. The molecule has 0 bridgehead atoms. The summed E-state index contributed by atoms with van der Waals surface area (Å²) in [6.07, 6.45) is 1.36. The van der Waals surface area contributed by atoms with E-state index in [4.69, 9.17) is 18.0 Å². The molecule has 0 saturated heterocycles. The number of nitrogens with one attached hydrogen (secondary N) is 2. The molecular formula is C7H12N4O3S2. The number of methoxy groups -OCH3 is 1. The van der Waals surface area contributed by atoms with Gasteiger partial charge in [-0.3, -0.25) is 9.82 Å². The average Bonchev–Trinajstić information content (AvgIpc) is 2.62. The Bertz CT molecular complexity index is 468. The number of hydrogen-bond acceptors (Lipinski definition) is 5. The van der Waals surface area contributed by atoms with E-state index in [1.807, 2.05) is 0 Å². The van der Waals surface area contributed by atoms with Crippen molar-refractivity contribution >= 4 is 33.0 Å². The Labute approximate surface area is 98.4 Å². The molecule has 0 aliphatic heterocycles. The van der Waals surface area contributed by atoms with Crippen molar-refractivity contribution in [2.45, 2.75) is 0 Å². The van der Waals surface area contributed by atoms with Crippen molar-refractivity contribution in [3.63, 3.8) is 0 Å². The van der Waals surface area contributed by atoms with Crippen molar-refractivity contribution in [3.8, 4) is 0 Å². The number of nitrogens with two attached hydrogens (primary N) is 1. The molecule has 0 saturated carbocycles. The Morgan fingerprint density at radius 3 is 3.00 bits per heavy atom. The average molecular weight is 264 g/mol. The van der Waals surface area contributed by atoms with Gasteiger partial charge in [0, 0.05) is 7.11 Å². The van der Waals surface area contributed by atoms with Crippen LogP contribution in [0.1, 0.15) is 5.56 Å². The van der Waals surface area contributed by atoms with Gasteiger partial charge in [-0.1, -0.05) is 12.2 Å². The van der Waals surface area contributed by atoms with Crippen LogP contribution in [0.3, 0.4) is 0 Å². The standard InChI is InChI=1S/C7H12N4O3S2/c1-14-2-3-16(12,13)11-7-5(6(8)15)4-9-10-7/h4H,2-3H2,1H3,(H2,8,15)(H2,9,10,11). The second-order valence-electron chi connectivity index (χ2n) is 2.94. The molecule has 9 heteroatoms. The molecule has 0 spiro atoms. The maximum atomic E-state index is 11.5. The molecule has 0 aromatic carbocycles. The lowest BCUT2D eigenvalue weighted by atomic mass is 10.3. The van der Waals surface area contributed by atoms with Crippen LogP contribution < -0.4 is 10.5 Å².